The molecule has 1 amide bonds. The van der Waals surface area contributed by atoms with E-state index in [0.717, 1.165) is 0 Å². The number of nitrogens with one attached hydrogen (secondary N) is 1. The maximum Gasteiger partial charge on any atom is 0.271 e. The Morgan fingerprint density at radius 3 is 2.79 bits per heavy atom. The van der Waals surface area contributed by atoms with Crippen LogP contribution in [0.5, 0.6) is 0 Å². The minimum Gasteiger partial charge on any atom is -0.389 e. The molecule has 0 unspecified atom stereocenters. The third kappa shape index (κ3) is 2.85. The lowest BCUT2D eigenvalue weighted by Crippen LogP contribution is -2.39. The second-order valence-electron chi connectivity index (χ2n) is 3.94. The van der Waals surface area contributed by atoms with Crippen LogP contribution >= 0.6 is 0 Å². The zero-order valence-corrected chi connectivity index (χ0v) is 8.61. The quantitative estimate of drug-likeness (QED) is 0.730. The van der Waals surface area contributed by atoms with Gasteiger partial charge in [-0.25, -0.2) is 0 Å². The summed E-state index contributed by atoms with van der Waals surface area (Å²) in [6, 6.07) is 1.60. The lowest BCUT2D eigenvalue weighted by molar-refractivity contribution is 0.0365. The van der Waals surface area contributed by atoms with E-state index in [-0.39, 0.29) is 12.5 Å². The fourth-order valence-electron chi connectivity index (χ4n) is 1.23. The highest BCUT2D eigenvalue weighted by atomic mass is 16.3. The molecule has 0 aliphatic rings. The zero-order chi connectivity index (χ0) is 10.8. The maximum absolute atomic E-state index is 11.6. The van der Waals surface area contributed by atoms with Gasteiger partial charge in [0.15, 0.2) is 0 Å². The second-order valence-corrected chi connectivity index (χ2v) is 3.94. The lowest BCUT2D eigenvalue weighted by Gasteiger charge is -2.24. The van der Waals surface area contributed by atoms with Gasteiger partial charge >= 0.3 is 0 Å². The molecule has 14 heavy (non-hydrogen) atoms. The van der Waals surface area contributed by atoms with Crippen LogP contribution in [0.25, 0.3) is 0 Å². The lowest BCUT2D eigenvalue weighted by atomic mass is 10.1. The van der Waals surface area contributed by atoms with Crippen molar-refractivity contribution in [1.29, 1.82) is 0 Å². The minimum atomic E-state index is -0.884. The second kappa shape index (κ2) is 3.79. The van der Waals surface area contributed by atoms with Gasteiger partial charge < -0.3 is 10.0 Å². The third-order valence-corrected chi connectivity index (χ3v) is 1.70. The Bertz CT molecular complexity index is 300. The van der Waals surface area contributed by atoms with Crippen LogP contribution in [0, 0.1) is 0 Å². The number of carbonyl (C=O) groups excluding carboxylic acids is 1. The molecule has 1 heterocycles. The van der Waals surface area contributed by atoms with Crippen LogP contribution in [0.2, 0.25) is 0 Å². The Labute approximate surface area is 82.7 Å². The third-order valence-electron chi connectivity index (χ3n) is 1.70. The molecule has 0 bridgehead atoms. The predicted molar refractivity (Wildman–Crippen MR) is 51.8 cm³/mol. The summed E-state index contributed by atoms with van der Waals surface area (Å²) in [4.78, 5) is 13.1. The molecule has 2 N–H and O–H groups in total. The molecule has 0 saturated heterocycles. The van der Waals surface area contributed by atoms with Crippen LogP contribution in [-0.4, -0.2) is 45.3 Å². The first kappa shape index (κ1) is 10.7. The molecule has 0 aromatic carbocycles. The monoisotopic (exact) mass is 197 g/mol. The number of H-pyrrole nitrogens is 1. The summed E-state index contributed by atoms with van der Waals surface area (Å²) >= 11 is 0. The van der Waals surface area contributed by atoms with Crippen LogP contribution in [0.1, 0.15) is 24.3 Å². The van der Waals surface area contributed by atoms with E-state index in [1.165, 1.54) is 11.1 Å². The van der Waals surface area contributed by atoms with Gasteiger partial charge in [0.1, 0.15) is 5.69 Å². The molecule has 1 aromatic heterocycles. The molecule has 5 heteroatoms. The number of aromatic nitrogens is 2. The van der Waals surface area contributed by atoms with Crippen molar-refractivity contribution in [3.05, 3.63) is 18.0 Å². The van der Waals surface area contributed by atoms with E-state index in [1.807, 2.05) is 0 Å². The highest BCUT2D eigenvalue weighted by Gasteiger charge is 2.20. The predicted octanol–water partition coefficient (Wildman–Crippen LogP) is 0.253. The van der Waals surface area contributed by atoms with Crippen LogP contribution in [-0.2, 0) is 0 Å². The van der Waals surface area contributed by atoms with Crippen LogP contribution in [0.3, 0.4) is 0 Å². The maximum atomic E-state index is 11.6. The van der Waals surface area contributed by atoms with Gasteiger partial charge in [0.05, 0.1) is 5.60 Å². The van der Waals surface area contributed by atoms with Crippen LogP contribution in [0.4, 0.5) is 0 Å². The first-order valence-electron chi connectivity index (χ1n) is 4.37. The van der Waals surface area contributed by atoms with Crippen molar-refractivity contribution in [2.24, 2.45) is 0 Å². The Morgan fingerprint density at radius 2 is 2.36 bits per heavy atom. The van der Waals surface area contributed by atoms with Crippen molar-refractivity contribution in [3.8, 4) is 0 Å². The summed E-state index contributed by atoms with van der Waals surface area (Å²) in [6.07, 6.45) is 1.52. The van der Waals surface area contributed by atoms with Gasteiger partial charge in [0.25, 0.3) is 5.91 Å². The minimum absolute atomic E-state index is 0.176. The summed E-state index contributed by atoms with van der Waals surface area (Å²) in [6.45, 7) is 3.60. The first-order chi connectivity index (χ1) is 6.40. The Morgan fingerprint density at radius 1 is 1.71 bits per heavy atom. The van der Waals surface area contributed by atoms with E-state index < -0.39 is 5.60 Å². The van der Waals surface area contributed by atoms with Gasteiger partial charge in [0, 0.05) is 19.8 Å². The van der Waals surface area contributed by atoms with Gasteiger partial charge in [-0.05, 0) is 19.9 Å². The number of aromatic amines is 1. The largest absolute Gasteiger partial charge is 0.389 e. The van der Waals surface area contributed by atoms with Gasteiger partial charge in [-0.3, -0.25) is 9.89 Å². The number of aliphatic hydroxyl groups is 1. The number of hydrogen-bond acceptors (Lipinski definition) is 3. The van der Waals surface area contributed by atoms with Crippen molar-refractivity contribution < 1.29 is 9.90 Å². The molecule has 0 spiro atoms. The molecule has 0 aliphatic carbocycles. The SMILES string of the molecule is CN(CC(C)(C)O)C(=O)c1ccn[nH]1. The number of nitrogens with zero attached hydrogens (tertiary/aromatic N) is 2. The smallest absolute Gasteiger partial charge is 0.271 e. The summed E-state index contributed by atoms with van der Waals surface area (Å²) in [5.74, 6) is -0.176. The highest BCUT2D eigenvalue weighted by molar-refractivity contribution is 5.91. The van der Waals surface area contributed by atoms with E-state index in [1.54, 1.807) is 27.0 Å². The molecule has 5 nitrogen and oxygen atoms in total. The van der Waals surface area contributed by atoms with Crippen molar-refractivity contribution in [3.63, 3.8) is 0 Å². The topological polar surface area (TPSA) is 69.2 Å². The molecule has 1 rings (SSSR count). The summed E-state index contributed by atoms with van der Waals surface area (Å²) in [7, 11) is 1.64. The zero-order valence-electron chi connectivity index (χ0n) is 8.61. The van der Waals surface area contributed by atoms with Gasteiger partial charge in [-0.1, -0.05) is 0 Å². The van der Waals surface area contributed by atoms with Gasteiger partial charge in [-0.2, -0.15) is 5.10 Å². The first-order valence-corrected chi connectivity index (χ1v) is 4.37. The van der Waals surface area contributed by atoms with Crippen LogP contribution in [0.15, 0.2) is 12.3 Å². The van der Waals surface area contributed by atoms with Gasteiger partial charge in [-0.15, -0.1) is 0 Å². The number of likely N-dealkylation sites (N-methyl/N-ethyl adjacent to an activating group) is 1. The standard InChI is InChI=1S/C9H15N3O2/c1-9(2,14)6-12(3)8(13)7-4-5-10-11-7/h4-5,14H,6H2,1-3H3,(H,10,11). The molecular weight excluding hydrogens is 182 g/mol. The molecule has 0 saturated carbocycles. The Hall–Kier alpha value is -1.36. The Kier molecular flexibility index (Phi) is 2.90. The number of carbonyl (C=O) groups is 1. The number of hydrogen-bond donors (Lipinski definition) is 2. The number of rotatable bonds is 3. The molecular formula is C9H15N3O2. The average molecular weight is 197 g/mol. The average Bonchev–Trinajstić information content (AvgIpc) is 2.51. The van der Waals surface area contributed by atoms with Crippen LogP contribution < -0.4 is 0 Å². The van der Waals surface area contributed by atoms with Crippen molar-refractivity contribution in [2.45, 2.75) is 19.4 Å². The van der Waals surface area contributed by atoms with Gasteiger partial charge in [0.2, 0.25) is 0 Å². The summed E-state index contributed by atoms with van der Waals surface area (Å²) < 4.78 is 0. The van der Waals surface area contributed by atoms with E-state index in [9.17, 15) is 9.90 Å². The molecule has 78 valence electrons. The van der Waals surface area contributed by atoms with Crippen molar-refractivity contribution >= 4 is 5.91 Å². The van der Waals surface area contributed by atoms with E-state index in [0.29, 0.717) is 5.69 Å². The van der Waals surface area contributed by atoms with E-state index >= 15 is 0 Å². The molecule has 1 aromatic rings. The normalized spacial score (nSPS) is 11.4. The molecule has 0 atom stereocenters. The van der Waals surface area contributed by atoms with Crippen molar-refractivity contribution in [2.75, 3.05) is 13.6 Å². The molecule has 0 fully saturated rings. The fourth-order valence-corrected chi connectivity index (χ4v) is 1.23. The molecule has 0 aliphatic heterocycles. The van der Waals surface area contributed by atoms with E-state index in [4.69, 9.17) is 0 Å². The summed E-state index contributed by atoms with van der Waals surface area (Å²) in [5.41, 5.74) is -0.457. The van der Waals surface area contributed by atoms with E-state index in [2.05, 4.69) is 10.2 Å². The molecule has 0 radical (unpaired) electrons. The van der Waals surface area contributed by atoms with Crippen molar-refractivity contribution in [1.82, 2.24) is 15.1 Å². The highest BCUT2D eigenvalue weighted by Crippen LogP contribution is 2.06. The Balaban J connectivity index is 2.63. The fraction of sp³-hybridized carbons (Fsp3) is 0.556. The summed E-state index contributed by atoms with van der Waals surface area (Å²) in [5, 5.41) is 15.8. The number of amides is 1.